The van der Waals surface area contributed by atoms with Crippen molar-refractivity contribution in [2.24, 2.45) is 7.05 Å². The van der Waals surface area contributed by atoms with Gasteiger partial charge >= 0.3 is 0 Å². The third-order valence-electron chi connectivity index (χ3n) is 3.29. The Kier molecular flexibility index (Phi) is 4.45. The number of aryl methyl sites for hydroxylation is 1. The molecule has 1 heterocycles. The van der Waals surface area contributed by atoms with Crippen LogP contribution in [0.2, 0.25) is 0 Å². The highest BCUT2D eigenvalue weighted by Crippen LogP contribution is 2.27. The van der Waals surface area contributed by atoms with E-state index in [4.69, 9.17) is 5.73 Å². The normalized spacial score (nSPS) is 11.1. The molecule has 0 aliphatic heterocycles. The molecule has 1 aromatic heterocycles. The number of hydrogen-bond donors (Lipinski definition) is 2. The predicted molar refractivity (Wildman–Crippen MR) is 80.3 cm³/mol. The second-order valence-electron chi connectivity index (χ2n) is 5.38. The van der Waals surface area contributed by atoms with Gasteiger partial charge in [-0.05, 0) is 30.0 Å². The third-order valence-corrected chi connectivity index (χ3v) is 3.29. The van der Waals surface area contributed by atoms with Crippen LogP contribution in [-0.2, 0) is 13.5 Å². The van der Waals surface area contributed by atoms with Crippen LogP contribution in [0.1, 0.15) is 31.0 Å². The highest BCUT2D eigenvalue weighted by atomic mass is 19.1. The highest BCUT2D eigenvalue weighted by molar-refractivity contribution is 5.65. The number of anilines is 2. The fourth-order valence-corrected chi connectivity index (χ4v) is 2.28. The second kappa shape index (κ2) is 6.11. The van der Waals surface area contributed by atoms with Gasteiger partial charge in [0.1, 0.15) is 17.5 Å². The summed E-state index contributed by atoms with van der Waals surface area (Å²) in [5.41, 5.74) is 8.14. The molecule has 0 unspecified atom stereocenters. The molecule has 0 saturated carbocycles. The van der Waals surface area contributed by atoms with E-state index in [-0.39, 0.29) is 5.92 Å². The van der Waals surface area contributed by atoms with Crippen LogP contribution >= 0.6 is 0 Å². The minimum Gasteiger partial charge on any atom is -0.394 e. The minimum absolute atomic E-state index is 0.240. The Labute approximate surface area is 123 Å². The zero-order chi connectivity index (χ0) is 15.6. The zero-order valence-electron chi connectivity index (χ0n) is 12.5. The molecule has 2 aromatic rings. The van der Waals surface area contributed by atoms with E-state index in [1.807, 2.05) is 20.9 Å². The molecule has 6 heteroatoms. The first-order valence-electron chi connectivity index (χ1n) is 6.89. The fraction of sp³-hybridized carbons (Fsp3) is 0.400. The minimum atomic E-state index is -0.563. The lowest BCUT2D eigenvalue weighted by Gasteiger charge is -2.08. The molecule has 114 valence electrons. The Bertz CT molecular complexity index is 615. The maximum atomic E-state index is 13.1. The topological polar surface area (TPSA) is 55.9 Å². The molecular formula is C15H20F2N4. The number of rotatable bonds is 5. The molecule has 0 fully saturated rings. The molecule has 0 bridgehead atoms. The van der Waals surface area contributed by atoms with Crippen molar-refractivity contribution in [3.05, 3.63) is 41.1 Å². The van der Waals surface area contributed by atoms with Gasteiger partial charge in [-0.25, -0.2) is 8.78 Å². The summed E-state index contributed by atoms with van der Waals surface area (Å²) in [5, 5.41) is 7.55. The van der Waals surface area contributed by atoms with E-state index < -0.39 is 11.6 Å². The molecule has 3 N–H and O–H groups in total. The van der Waals surface area contributed by atoms with Crippen LogP contribution in [0.5, 0.6) is 0 Å². The van der Waals surface area contributed by atoms with Crippen LogP contribution in [0.4, 0.5) is 20.3 Å². The van der Waals surface area contributed by atoms with Gasteiger partial charge in [-0.2, -0.15) is 5.10 Å². The number of nitrogens with one attached hydrogen (secondary N) is 1. The van der Waals surface area contributed by atoms with Gasteiger partial charge in [0.2, 0.25) is 0 Å². The number of aromatic nitrogens is 2. The number of halogens is 2. The Hall–Kier alpha value is -2.11. The first kappa shape index (κ1) is 15.3. The van der Waals surface area contributed by atoms with Crippen molar-refractivity contribution in [3.8, 4) is 0 Å². The lowest BCUT2D eigenvalue weighted by molar-refractivity contribution is 0.580. The maximum absolute atomic E-state index is 13.1. The summed E-state index contributed by atoms with van der Waals surface area (Å²) in [5.74, 6) is -0.154. The average molecular weight is 294 g/mol. The van der Waals surface area contributed by atoms with Crippen LogP contribution < -0.4 is 11.1 Å². The van der Waals surface area contributed by atoms with Gasteiger partial charge in [-0.1, -0.05) is 13.8 Å². The molecule has 4 nitrogen and oxygen atoms in total. The number of nitrogens with zero attached hydrogens (tertiary/aromatic N) is 2. The first-order chi connectivity index (χ1) is 9.88. The SMILES string of the molecule is CC(C)c1nn(C)c(NCCc2cc(F)cc(F)c2)c1N. The van der Waals surface area contributed by atoms with Gasteiger partial charge in [0, 0.05) is 19.7 Å². The lowest BCUT2D eigenvalue weighted by Crippen LogP contribution is -2.10. The van der Waals surface area contributed by atoms with E-state index >= 15 is 0 Å². The van der Waals surface area contributed by atoms with Crippen molar-refractivity contribution in [1.29, 1.82) is 0 Å². The number of benzene rings is 1. The quantitative estimate of drug-likeness (QED) is 0.891. The highest BCUT2D eigenvalue weighted by Gasteiger charge is 2.15. The predicted octanol–water partition coefficient (Wildman–Crippen LogP) is 3.06. The van der Waals surface area contributed by atoms with Crippen LogP contribution in [0.15, 0.2) is 18.2 Å². The fourth-order valence-electron chi connectivity index (χ4n) is 2.28. The van der Waals surface area contributed by atoms with Crippen molar-refractivity contribution in [2.45, 2.75) is 26.2 Å². The summed E-state index contributed by atoms with van der Waals surface area (Å²) in [6, 6.07) is 3.53. The van der Waals surface area contributed by atoms with Crippen molar-refractivity contribution in [2.75, 3.05) is 17.6 Å². The Morgan fingerprint density at radius 2 is 1.86 bits per heavy atom. The monoisotopic (exact) mass is 294 g/mol. The van der Waals surface area contributed by atoms with Crippen LogP contribution in [0.25, 0.3) is 0 Å². The van der Waals surface area contributed by atoms with Crippen molar-refractivity contribution in [1.82, 2.24) is 9.78 Å². The Morgan fingerprint density at radius 1 is 1.24 bits per heavy atom. The molecular weight excluding hydrogens is 274 g/mol. The molecule has 0 aliphatic rings. The summed E-state index contributed by atoms with van der Waals surface area (Å²) >= 11 is 0. The molecule has 1 aromatic carbocycles. The van der Waals surface area contributed by atoms with Gasteiger partial charge < -0.3 is 11.1 Å². The van der Waals surface area contributed by atoms with Gasteiger partial charge in [-0.3, -0.25) is 4.68 Å². The maximum Gasteiger partial charge on any atom is 0.147 e. The van der Waals surface area contributed by atoms with Gasteiger partial charge in [0.15, 0.2) is 0 Å². The van der Waals surface area contributed by atoms with E-state index in [0.29, 0.717) is 24.2 Å². The van der Waals surface area contributed by atoms with Crippen LogP contribution in [0.3, 0.4) is 0 Å². The third kappa shape index (κ3) is 3.51. The molecule has 0 saturated heterocycles. The first-order valence-corrected chi connectivity index (χ1v) is 6.89. The van der Waals surface area contributed by atoms with Gasteiger partial charge in [0.05, 0.1) is 11.4 Å². The van der Waals surface area contributed by atoms with Crippen molar-refractivity contribution < 1.29 is 8.78 Å². The zero-order valence-corrected chi connectivity index (χ0v) is 12.5. The number of hydrogen-bond acceptors (Lipinski definition) is 3. The lowest BCUT2D eigenvalue weighted by atomic mass is 10.1. The molecule has 0 amide bonds. The average Bonchev–Trinajstić information content (AvgIpc) is 2.65. The van der Waals surface area contributed by atoms with Gasteiger partial charge in [0.25, 0.3) is 0 Å². The number of nitrogens with two attached hydrogens (primary N) is 1. The molecule has 21 heavy (non-hydrogen) atoms. The second-order valence-corrected chi connectivity index (χ2v) is 5.38. The molecule has 2 rings (SSSR count). The molecule has 0 atom stereocenters. The Morgan fingerprint density at radius 3 is 2.38 bits per heavy atom. The summed E-state index contributed by atoms with van der Waals surface area (Å²) < 4.78 is 27.9. The summed E-state index contributed by atoms with van der Waals surface area (Å²) in [6.45, 7) is 4.57. The number of nitrogen functional groups attached to an aromatic ring is 1. The van der Waals surface area contributed by atoms with E-state index in [2.05, 4.69) is 10.4 Å². The summed E-state index contributed by atoms with van der Waals surface area (Å²) in [6.07, 6.45) is 0.496. The molecule has 0 radical (unpaired) electrons. The van der Waals surface area contributed by atoms with Gasteiger partial charge in [-0.15, -0.1) is 0 Å². The van der Waals surface area contributed by atoms with Crippen molar-refractivity contribution >= 4 is 11.5 Å². The smallest absolute Gasteiger partial charge is 0.147 e. The van der Waals surface area contributed by atoms with E-state index in [1.165, 1.54) is 12.1 Å². The largest absolute Gasteiger partial charge is 0.394 e. The molecule has 0 aliphatic carbocycles. The Balaban J connectivity index is 2.04. The van der Waals surface area contributed by atoms with Crippen LogP contribution in [-0.4, -0.2) is 16.3 Å². The van der Waals surface area contributed by atoms with E-state index in [1.54, 1.807) is 4.68 Å². The molecule has 0 spiro atoms. The van der Waals surface area contributed by atoms with E-state index in [9.17, 15) is 8.78 Å². The van der Waals surface area contributed by atoms with E-state index in [0.717, 1.165) is 17.6 Å². The standard InChI is InChI=1S/C15H20F2N4/c1-9(2)14-13(18)15(21(3)20-14)19-5-4-10-6-11(16)8-12(17)7-10/h6-9,19H,4-5,18H2,1-3H3. The van der Waals surface area contributed by atoms with Crippen molar-refractivity contribution in [3.63, 3.8) is 0 Å². The summed E-state index contributed by atoms with van der Waals surface area (Å²) in [4.78, 5) is 0. The van der Waals surface area contributed by atoms with Crippen LogP contribution in [0, 0.1) is 11.6 Å². The summed E-state index contributed by atoms with van der Waals surface area (Å²) in [7, 11) is 1.81.